The zero-order valence-electron chi connectivity index (χ0n) is 12.9. The zero-order valence-corrected chi connectivity index (χ0v) is 12.9. The molecule has 0 radical (unpaired) electrons. The average molecular weight is 303 g/mol. The van der Waals surface area contributed by atoms with E-state index in [1.54, 1.807) is 13.2 Å². The summed E-state index contributed by atoms with van der Waals surface area (Å²) >= 11 is 0. The van der Waals surface area contributed by atoms with E-state index < -0.39 is 0 Å². The third kappa shape index (κ3) is 5.12. The molecular formula is C16H21N3O3. The van der Waals surface area contributed by atoms with Crippen molar-refractivity contribution in [2.45, 2.75) is 19.8 Å². The van der Waals surface area contributed by atoms with E-state index in [0.29, 0.717) is 25.3 Å². The third-order valence-corrected chi connectivity index (χ3v) is 3.18. The molecule has 0 bridgehead atoms. The number of aryl methyl sites for hydroxylation is 1. The maximum Gasteiger partial charge on any atom is 0.221 e. The molecule has 2 aromatic rings. The highest BCUT2D eigenvalue weighted by Gasteiger charge is 2.03. The molecule has 6 nitrogen and oxygen atoms in total. The quantitative estimate of drug-likeness (QED) is 0.781. The van der Waals surface area contributed by atoms with E-state index >= 15 is 0 Å². The highest BCUT2D eigenvalue weighted by atomic mass is 16.5. The maximum absolute atomic E-state index is 11.7. The van der Waals surface area contributed by atoms with Crippen molar-refractivity contribution in [2.24, 2.45) is 0 Å². The molecule has 0 aliphatic carbocycles. The molecule has 2 N–H and O–H groups in total. The number of amides is 1. The normalized spacial score (nSPS) is 10.3. The Labute approximate surface area is 129 Å². The summed E-state index contributed by atoms with van der Waals surface area (Å²) in [7, 11) is 1.64. The molecular weight excluding hydrogens is 282 g/mol. The number of hydrogen-bond donors (Lipinski definition) is 2. The van der Waals surface area contributed by atoms with E-state index in [4.69, 9.17) is 9.26 Å². The van der Waals surface area contributed by atoms with Gasteiger partial charge in [-0.25, -0.2) is 0 Å². The summed E-state index contributed by atoms with van der Waals surface area (Å²) in [6, 6.07) is 9.63. The minimum atomic E-state index is 0.0150. The Morgan fingerprint density at radius 2 is 2.05 bits per heavy atom. The van der Waals surface area contributed by atoms with Gasteiger partial charge < -0.3 is 19.9 Å². The summed E-state index contributed by atoms with van der Waals surface area (Å²) in [4.78, 5) is 11.7. The minimum Gasteiger partial charge on any atom is -0.497 e. The molecule has 0 saturated heterocycles. The molecule has 1 aromatic heterocycles. The Morgan fingerprint density at radius 1 is 1.27 bits per heavy atom. The highest BCUT2D eigenvalue weighted by Crippen LogP contribution is 2.11. The van der Waals surface area contributed by atoms with Crippen molar-refractivity contribution in [1.82, 2.24) is 10.5 Å². The predicted octanol–water partition coefficient (Wildman–Crippen LogP) is 2.15. The van der Waals surface area contributed by atoms with Crippen LogP contribution in [0.3, 0.4) is 0 Å². The van der Waals surface area contributed by atoms with E-state index in [1.807, 2.05) is 31.2 Å². The molecule has 22 heavy (non-hydrogen) atoms. The second-order valence-electron chi connectivity index (χ2n) is 4.95. The molecule has 0 fully saturated rings. The van der Waals surface area contributed by atoms with Crippen LogP contribution >= 0.6 is 0 Å². The van der Waals surface area contributed by atoms with E-state index in [0.717, 1.165) is 23.5 Å². The number of hydrogen-bond acceptors (Lipinski definition) is 5. The number of methoxy groups -OCH3 is 1. The summed E-state index contributed by atoms with van der Waals surface area (Å²) < 4.78 is 10.0. The first-order valence-electron chi connectivity index (χ1n) is 7.24. The Bertz CT molecular complexity index is 593. The largest absolute Gasteiger partial charge is 0.497 e. The van der Waals surface area contributed by atoms with Crippen LogP contribution < -0.4 is 15.4 Å². The lowest BCUT2D eigenvalue weighted by atomic mass is 10.1. The van der Waals surface area contributed by atoms with Crippen LogP contribution in [0.25, 0.3) is 0 Å². The second kappa shape index (κ2) is 8.07. The molecule has 0 aliphatic rings. The topological polar surface area (TPSA) is 76.4 Å². The van der Waals surface area contributed by atoms with Crippen molar-refractivity contribution < 1.29 is 14.1 Å². The van der Waals surface area contributed by atoms with Gasteiger partial charge in [-0.05, 0) is 31.0 Å². The highest BCUT2D eigenvalue weighted by molar-refractivity contribution is 5.76. The molecule has 1 heterocycles. The molecule has 2 rings (SSSR count). The molecule has 1 amide bonds. The lowest BCUT2D eigenvalue weighted by Gasteiger charge is -2.06. The fraction of sp³-hybridized carbons (Fsp3) is 0.375. The van der Waals surface area contributed by atoms with E-state index in [1.165, 1.54) is 0 Å². The van der Waals surface area contributed by atoms with Crippen LogP contribution in [0.15, 0.2) is 34.9 Å². The van der Waals surface area contributed by atoms with Gasteiger partial charge in [0, 0.05) is 25.6 Å². The van der Waals surface area contributed by atoms with Crippen molar-refractivity contribution in [3.8, 4) is 5.75 Å². The van der Waals surface area contributed by atoms with Crippen LogP contribution in [0.1, 0.15) is 17.7 Å². The van der Waals surface area contributed by atoms with Crippen LogP contribution in [-0.2, 0) is 11.2 Å². The number of benzene rings is 1. The van der Waals surface area contributed by atoms with Gasteiger partial charge >= 0.3 is 0 Å². The monoisotopic (exact) mass is 303 g/mol. The van der Waals surface area contributed by atoms with Gasteiger partial charge in [-0.3, -0.25) is 4.79 Å². The molecule has 0 spiro atoms. The van der Waals surface area contributed by atoms with Crippen molar-refractivity contribution in [2.75, 3.05) is 25.5 Å². The smallest absolute Gasteiger partial charge is 0.221 e. The number of nitrogens with one attached hydrogen (secondary N) is 2. The van der Waals surface area contributed by atoms with Gasteiger partial charge in [0.1, 0.15) is 11.5 Å². The van der Waals surface area contributed by atoms with Crippen LogP contribution in [0.2, 0.25) is 0 Å². The van der Waals surface area contributed by atoms with Crippen molar-refractivity contribution >= 4 is 11.7 Å². The minimum absolute atomic E-state index is 0.0150. The number of nitrogens with zero attached hydrogens (tertiary/aromatic N) is 1. The Kier molecular flexibility index (Phi) is 5.82. The predicted molar refractivity (Wildman–Crippen MR) is 84.1 cm³/mol. The first kappa shape index (κ1) is 15.9. The average Bonchev–Trinajstić information content (AvgIpc) is 2.93. The second-order valence-corrected chi connectivity index (χ2v) is 4.95. The van der Waals surface area contributed by atoms with Crippen LogP contribution in [-0.4, -0.2) is 31.3 Å². The molecule has 0 atom stereocenters. The molecule has 0 unspecified atom stereocenters. The lowest BCUT2D eigenvalue weighted by Crippen LogP contribution is -2.27. The maximum atomic E-state index is 11.7. The number of aromatic nitrogens is 1. The standard InChI is InChI=1S/C16H21N3O3/c1-12-11-15(19-22-12)17-10-8-16(20)18-9-7-13-3-5-14(21-2)6-4-13/h3-6,11H,7-10H2,1-2H3,(H,17,19)(H,18,20). The number of rotatable bonds is 8. The third-order valence-electron chi connectivity index (χ3n) is 3.18. The number of carbonyl (C=O) groups excluding carboxylic acids is 1. The molecule has 118 valence electrons. The van der Waals surface area contributed by atoms with Gasteiger partial charge in [0.05, 0.1) is 7.11 Å². The van der Waals surface area contributed by atoms with Gasteiger partial charge in [0.2, 0.25) is 5.91 Å². The zero-order chi connectivity index (χ0) is 15.8. The van der Waals surface area contributed by atoms with Crippen LogP contribution in [0.4, 0.5) is 5.82 Å². The molecule has 1 aromatic carbocycles. The number of ether oxygens (including phenoxy) is 1. The summed E-state index contributed by atoms with van der Waals surface area (Å²) in [6.07, 6.45) is 1.19. The molecule has 6 heteroatoms. The Hall–Kier alpha value is -2.50. The fourth-order valence-corrected chi connectivity index (χ4v) is 1.98. The summed E-state index contributed by atoms with van der Waals surface area (Å²) in [6.45, 7) is 2.97. The van der Waals surface area contributed by atoms with Crippen LogP contribution in [0, 0.1) is 6.92 Å². The van der Waals surface area contributed by atoms with Crippen molar-refractivity contribution in [3.63, 3.8) is 0 Å². The van der Waals surface area contributed by atoms with Crippen LogP contribution in [0.5, 0.6) is 5.75 Å². The Morgan fingerprint density at radius 3 is 2.68 bits per heavy atom. The summed E-state index contributed by atoms with van der Waals surface area (Å²) in [5.41, 5.74) is 1.16. The fourth-order valence-electron chi connectivity index (χ4n) is 1.98. The number of carbonyl (C=O) groups is 1. The van der Waals surface area contributed by atoms with E-state index in [9.17, 15) is 4.79 Å². The number of anilines is 1. The lowest BCUT2D eigenvalue weighted by molar-refractivity contribution is -0.120. The molecule has 0 saturated carbocycles. The van der Waals surface area contributed by atoms with Gasteiger partial charge in [-0.2, -0.15) is 0 Å². The molecule has 0 aliphatic heterocycles. The van der Waals surface area contributed by atoms with Crippen molar-refractivity contribution in [1.29, 1.82) is 0 Å². The van der Waals surface area contributed by atoms with Crippen molar-refractivity contribution in [3.05, 3.63) is 41.7 Å². The van der Waals surface area contributed by atoms with Gasteiger partial charge in [0.15, 0.2) is 5.82 Å². The first-order chi connectivity index (χ1) is 10.7. The van der Waals surface area contributed by atoms with Gasteiger partial charge in [0.25, 0.3) is 0 Å². The summed E-state index contributed by atoms with van der Waals surface area (Å²) in [5.74, 6) is 2.25. The first-order valence-corrected chi connectivity index (χ1v) is 7.24. The van der Waals surface area contributed by atoms with Gasteiger partial charge in [-0.15, -0.1) is 0 Å². The van der Waals surface area contributed by atoms with E-state index in [2.05, 4.69) is 15.8 Å². The Balaban J connectivity index is 1.60. The van der Waals surface area contributed by atoms with Gasteiger partial charge in [-0.1, -0.05) is 17.3 Å². The SMILES string of the molecule is COc1ccc(CCNC(=O)CCNc2cc(C)on2)cc1. The summed E-state index contributed by atoms with van der Waals surface area (Å²) in [5, 5.41) is 9.74. The van der Waals surface area contributed by atoms with E-state index in [-0.39, 0.29) is 5.91 Å².